The van der Waals surface area contributed by atoms with E-state index >= 15 is 0 Å². The van der Waals surface area contributed by atoms with Crippen LogP contribution in [-0.4, -0.2) is 23.6 Å². The lowest BCUT2D eigenvalue weighted by molar-refractivity contribution is -0.126. The number of nitrogens with zero attached hydrogens (tertiary/aromatic N) is 1. The fraction of sp³-hybridized carbons (Fsp3) is 0.455. The third-order valence-electron chi connectivity index (χ3n) is 2.65. The van der Waals surface area contributed by atoms with Crippen LogP contribution in [-0.2, 0) is 9.53 Å². The van der Waals surface area contributed by atoms with Gasteiger partial charge < -0.3 is 10.1 Å². The molecule has 1 fully saturated rings. The van der Waals surface area contributed by atoms with Crippen LogP contribution in [0.3, 0.4) is 0 Å². The van der Waals surface area contributed by atoms with Gasteiger partial charge in [-0.2, -0.15) is 0 Å². The van der Waals surface area contributed by atoms with Crippen molar-refractivity contribution in [3.63, 3.8) is 0 Å². The Labute approximate surface area is 99.0 Å². The van der Waals surface area contributed by atoms with Crippen LogP contribution in [0.25, 0.3) is 0 Å². The summed E-state index contributed by atoms with van der Waals surface area (Å²) in [6.07, 6.45) is 2.10. The van der Waals surface area contributed by atoms with E-state index in [2.05, 4.69) is 10.3 Å². The molecule has 1 saturated heterocycles. The number of anilines is 1. The number of hydrogen-bond donors (Lipinski definition) is 1. The largest absolute Gasteiger partial charge is 0.368 e. The predicted octanol–water partition coefficient (Wildman–Crippen LogP) is 2.10. The van der Waals surface area contributed by atoms with Gasteiger partial charge >= 0.3 is 0 Å². The zero-order valence-corrected chi connectivity index (χ0v) is 9.70. The highest BCUT2D eigenvalue weighted by Gasteiger charge is 2.31. The Hall–Kier alpha value is -1.13. The molecule has 0 saturated carbocycles. The minimum absolute atomic E-state index is 0.175. The molecule has 0 radical (unpaired) electrons. The van der Waals surface area contributed by atoms with Crippen molar-refractivity contribution < 1.29 is 9.53 Å². The number of pyridine rings is 1. The first-order valence-corrected chi connectivity index (χ1v) is 5.59. The minimum Gasteiger partial charge on any atom is -0.368 e. The predicted molar refractivity (Wildman–Crippen MR) is 61.4 cm³/mol. The molecular formula is C11H13ClN2O2. The van der Waals surface area contributed by atoms with Crippen LogP contribution in [0.4, 0.5) is 5.82 Å². The van der Waals surface area contributed by atoms with E-state index in [1.54, 1.807) is 18.3 Å². The molecule has 16 heavy (non-hydrogen) atoms. The molecule has 1 amide bonds. The number of amides is 1. The van der Waals surface area contributed by atoms with Gasteiger partial charge in [0.25, 0.3) is 5.91 Å². The third kappa shape index (κ3) is 2.33. The zero-order valence-electron chi connectivity index (χ0n) is 8.94. The fourth-order valence-electron chi connectivity index (χ4n) is 1.70. The summed E-state index contributed by atoms with van der Waals surface area (Å²) in [6, 6.07) is 3.40. The number of carbonyl (C=O) groups is 1. The van der Waals surface area contributed by atoms with Gasteiger partial charge in [0.15, 0.2) is 5.82 Å². The van der Waals surface area contributed by atoms with Crippen LogP contribution in [0, 0.1) is 5.92 Å². The van der Waals surface area contributed by atoms with Crippen molar-refractivity contribution in [2.24, 2.45) is 5.92 Å². The molecule has 0 bridgehead atoms. The van der Waals surface area contributed by atoms with Crippen LogP contribution in [0.15, 0.2) is 18.3 Å². The molecule has 1 aliphatic heterocycles. The summed E-state index contributed by atoms with van der Waals surface area (Å²) in [5, 5.41) is 3.11. The van der Waals surface area contributed by atoms with Crippen LogP contribution in [0.1, 0.15) is 13.3 Å². The average molecular weight is 241 g/mol. The van der Waals surface area contributed by atoms with Crippen molar-refractivity contribution >= 4 is 23.3 Å². The van der Waals surface area contributed by atoms with Crippen LogP contribution < -0.4 is 5.32 Å². The van der Waals surface area contributed by atoms with Gasteiger partial charge in [0.1, 0.15) is 6.10 Å². The molecule has 5 heteroatoms. The number of rotatable bonds is 2. The maximum Gasteiger partial charge on any atom is 0.254 e. The van der Waals surface area contributed by atoms with E-state index in [1.165, 1.54) is 0 Å². The molecule has 2 atom stereocenters. The summed E-state index contributed by atoms with van der Waals surface area (Å²) >= 11 is 5.89. The van der Waals surface area contributed by atoms with Crippen molar-refractivity contribution in [2.45, 2.75) is 19.4 Å². The molecule has 4 nitrogen and oxygen atoms in total. The minimum atomic E-state index is -0.391. The Kier molecular flexibility index (Phi) is 3.41. The van der Waals surface area contributed by atoms with E-state index in [9.17, 15) is 4.79 Å². The van der Waals surface area contributed by atoms with Crippen molar-refractivity contribution in [3.8, 4) is 0 Å². The molecule has 0 aliphatic carbocycles. The lowest BCUT2D eigenvalue weighted by Crippen LogP contribution is -2.31. The molecule has 1 aliphatic rings. The highest BCUT2D eigenvalue weighted by atomic mass is 35.5. The second-order valence-electron chi connectivity index (χ2n) is 3.88. The Morgan fingerprint density at radius 2 is 2.50 bits per heavy atom. The van der Waals surface area contributed by atoms with Gasteiger partial charge in [0, 0.05) is 12.8 Å². The number of aromatic nitrogens is 1. The van der Waals surface area contributed by atoms with Crippen LogP contribution in [0.5, 0.6) is 0 Å². The van der Waals surface area contributed by atoms with Gasteiger partial charge in [0.2, 0.25) is 0 Å². The molecule has 2 rings (SSSR count). The first-order valence-electron chi connectivity index (χ1n) is 5.21. The quantitative estimate of drug-likeness (QED) is 0.861. The number of carbonyl (C=O) groups excluding carboxylic acids is 1. The maximum absolute atomic E-state index is 11.8. The first kappa shape index (κ1) is 11.4. The molecular weight excluding hydrogens is 228 g/mol. The van der Waals surface area contributed by atoms with Gasteiger partial charge in [0.05, 0.1) is 5.02 Å². The second-order valence-corrected chi connectivity index (χ2v) is 4.29. The molecule has 0 aromatic carbocycles. The molecule has 1 aromatic heterocycles. The van der Waals surface area contributed by atoms with Crippen molar-refractivity contribution in [1.82, 2.24) is 4.98 Å². The zero-order chi connectivity index (χ0) is 11.5. The number of halogens is 1. The van der Waals surface area contributed by atoms with E-state index in [0.717, 1.165) is 6.42 Å². The standard InChI is InChI=1S/C11H13ClN2O2/c1-7-4-6-16-9(7)11(15)14-10-8(12)3-2-5-13-10/h2-3,5,7,9H,4,6H2,1H3,(H,13,14,15)/t7-,9-/m0/s1. The Balaban J connectivity index is 2.05. The van der Waals surface area contributed by atoms with E-state index in [4.69, 9.17) is 16.3 Å². The molecule has 0 spiro atoms. The summed E-state index contributed by atoms with van der Waals surface area (Å²) in [6.45, 7) is 2.63. The van der Waals surface area contributed by atoms with E-state index < -0.39 is 6.10 Å². The SMILES string of the molecule is C[C@H]1CCO[C@@H]1C(=O)Nc1ncccc1Cl. The first-order chi connectivity index (χ1) is 7.68. The van der Waals surface area contributed by atoms with Gasteiger partial charge in [-0.05, 0) is 24.5 Å². The molecule has 86 valence electrons. The molecule has 2 heterocycles. The summed E-state index contributed by atoms with van der Waals surface area (Å²) in [5.41, 5.74) is 0. The fourth-order valence-corrected chi connectivity index (χ4v) is 1.86. The van der Waals surface area contributed by atoms with Crippen molar-refractivity contribution in [1.29, 1.82) is 0 Å². The Morgan fingerprint density at radius 3 is 3.12 bits per heavy atom. The normalized spacial score (nSPS) is 24.4. The topological polar surface area (TPSA) is 51.2 Å². The summed E-state index contributed by atoms with van der Waals surface area (Å²) in [4.78, 5) is 15.8. The van der Waals surface area contributed by atoms with Crippen molar-refractivity contribution in [2.75, 3.05) is 11.9 Å². The van der Waals surface area contributed by atoms with Crippen LogP contribution >= 0.6 is 11.6 Å². The summed E-state index contributed by atoms with van der Waals surface area (Å²) in [5.74, 6) is 0.449. The Bertz CT molecular complexity index is 397. The highest BCUT2D eigenvalue weighted by Crippen LogP contribution is 2.23. The highest BCUT2D eigenvalue weighted by molar-refractivity contribution is 6.33. The van der Waals surface area contributed by atoms with Crippen LogP contribution in [0.2, 0.25) is 5.02 Å². The molecule has 1 N–H and O–H groups in total. The van der Waals surface area contributed by atoms with Gasteiger partial charge in [-0.3, -0.25) is 4.79 Å². The Morgan fingerprint density at radius 1 is 1.69 bits per heavy atom. The van der Waals surface area contributed by atoms with E-state index in [1.807, 2.05) is 6.92 Å². The van der Waals surface area contributed by atoms with Crippen molar-refractivity contribution in [3.05, 3.63) is 23.4 Å². The number of hydrogen-bond acceptors (Lipinski definition) is 3. The van der Waals surface area contributed by atoms with Gasteiger partial charge in [-0.1, -0.05) is 18.5 Å². The monoisotopic (exact) mass is 240 g/mol. The molecule has 1 aromatic rings. The summed E-state index contributed by atoms with van der Waals surface area (Å²) < 4.78 is 5.36. The maximum atomic E-state index is 11.8. The number of nitrogens with one attached hydrogen (secondary N) is 1. The third-order valence-corrected chi connectivity index (χ3v) is 2.95. The van der Waals surface area contributed by atoms with Gasteiger partial charge in [-0.15, -0.1) is 0 Å². The lowest BCUT2D eigenvalue weighted by atomic mass is 10.0. The smallest absolute Gasteiger partial charge is 0.254 e. The number of ether oxygens (including phenoxy) is 1. The lowest BCUT2D eigenvalue weighted by Gasteiger charge is -2.14. The summed E-state index contributed by atoms with van der Waals surface area (Å²) in [7, 11) is 0. The average Bonchev–Trinajstić information content (AvgIpc) is 2.68. The second kappa shape index (κ2) is 4.80. The van der Waals surface area contributed by atoms with Gasteiger partial charge in [-0.25, -0.2) is 4.98 Å². The molecule has 0 unspecified atom stereocenters. The van der Waals surface area contributed by atoms with E-state index in [0.29, 0.717) is 17.4 Å². The van der Waals surface area contributed by atoms with E-state index in [-0.39, 0.29) is 11.8 Å².